The monoisotopic (exact) mass is 919 g/mol. The van der Waals surface area contributed by atoms with E-state index in [0.29, 0.717) is 12.8 Å². The zero-order valence-corrected chi connectivity index (χ0v) is 40.8. The second kappa shape index (κ2) is 40.6. The minimum absolute atomic E-state index is 0.0858. The number of unbranched alkanes of at least 4 members (excludes halogenated alkanes) is 30. The third kappa shape index (κ3) is 35.3. The number of hydrogen-bond acceptors (Lipinski definition) is 11. The fourth-order valence-electron chi connectivity index (χ4n) is 8.11. The molecule has 12 nitrogen and oxygen atoms in total. The molecule has 2 unspecified atom stereocenters. The minimum atomic E-state index is -4.60. The van der Waals surface area contributed by atoms with Gasteiger partial charge in [0.15, 0.2) is 12.4 Å². The van der Waals surface area contributed by atoms with Crippen LogP contribution in [-0.4, -0.2) is 96.0 Å². The Labute approximate surface area is 384 Å². The predicted octanol–water partition coefficient (Wildman–Crippen LogP) is 11.4. The van der Waals surface area contributed by atoms with E-state index in [1.54, 1.807) is 0 Å². The van der Waals surface area contributed by atoms with Gasteiger partial charge >= 0.3 is 11.9 Å². The zero-order valence-electron chi connectivity index (χ0n) is 40.0. The van der Waals surface area contributed by atoms with Crippen molar-refractivity contribution in [2.45, 2.75) is 275 Å². The second-order valence-corrected chi connectivity index (χ2v) is 19.7. The molecule has 0 aromatic rings. The van der Waals surface area contributed by atoms with Crippen molar-refractivity contribution in [3.63, 3.8) is 0 Å². The first-order chi connectivity index (χ1) is 30.5. The van der Waals surface area contributed by atoms with Crippen molar-refractivity contribution in [1.29, 1.82) is 0 Å². The topological polar surface area (TPSA) is 186 Å². The minimum Gasteiger partial charge on any atom is -0.462 e. The fourth-order valence-corrected chi connectivity index (χ4v) is 8.80. The third-order valence-electron chi connectivity index (χ3n) is 12.1. The summed E-state index contributed by atoms with van der Waals surface area (Å²) < 4.78 is 54.2. The summed E-state index contributed by atoms with van der Waals surface area (Å²) in [6, 6.07) is 0. The van der Waals surface area contributed by atoms with E-state index in [2.05, 4.69) is 19.9 Å². The lowest BCUT2D eigenvalue weighted by Gasteiger charge is -2.40. The van der Waals surface area contributed by atoms with Crippen LogP contribution in [0.3, 0.4) is 0 Å². The molecule has 6 atom stereocenters. The number of aliphatic hydroxyl groups excluding tert-OH is 3. The van der Waals surface area contributed by atoms with Gasteiger partial charge < -0.3 is 34.3 Å². The summed E-state index contributed by atoms with van der Waals surface area (Å²) in [6.07, 6.45) is 35.6. The first-order valence-corrected chi connectivity index (χ1v) is 27.4. The molecule has 1 heterocycles. The van der Waals surface area contributed by atoms with Crippen LogP contribution >= 0.6 is 0 Å². The predicted molar refractivity (Wildman–Crippen MR) is 252 cm³/mol. The first kappa shape index (κ1) is 59.4. The Balaban J connectivity index is 2.36. The van der Waals surface area contributed by atoms with Gasteiger partial charge in [-0.2, -0.15) is 8.42 Å². The summed E-state index contributed by atoms with van der Waals surface area (Å²) in [5.74, 6) is -2.03. The summed E-state index contributed by atoms with van der Waals surface area (Å²) in [5, 5.41) is 30.9. The quantitative estimate of drug-likeness (QED) is 0.0196. The van der Waals surface area contributed by atoms with Crippen molar-refractivity contribution >= 4 is 22.1 Å². The molecule has 63 heavy (non-hydrogen) atoms. The highest BCUT2D eigenvalue weighted by Gasteiger charge is 2.46. The number of carbonyl (C=O) groups excluding carboxylic acids is 2. The molecule has 372 valence electrons. The number of carbonyl (C=O) groups is 2. The lowest BCUT2D eigenvalue weighted by molar-refractivity contribution is -0.297. The largest absolute Gasteiger partial charge is 0.462 e. The summed E-state index contributed by atoms with van der Waals surface area (Å²) >= 11 is 0. The van der Waals surface area contributed by atoms with E-state index < -0.39 is 71.2 Å². The Hall–Kier alpha value is -1.61. The highest BCUT2D eigenvalue weighted by Crippen LogP contribution is 2.24. The number of aliphatic hydroxyl groups is 3. The van der Waals surface area contributed by atoms with Crippen molar-refractivity contribution < 1.29 is 56.8 Å². The standard InChI is InChI=1S/C50H94O12S/c1-3-5-7-9-11-13-15-17-19-20-21-22-23-25-26-28-30-32-34-36-38-45(51)59-40-43(41-60-50-49(55)48(54)47(53)44(62-50)42-63(56,57)58)61-46(52)39-37-35-33-31-29-27-24-18-16-14-12-10-8-6-4-2/h33,35,43-44,47-50,53-55H,3-32,34,36-42H2,1-2H3,(H,56,57,58)/b35-33+/t43-,44-,47-,48?,49?,50+/m1/s1. The number of ether oxygens (including phenoxy) is 4. The highest BCUT2D eigenvalue weighted by atomic mass is 32.2. The van der Waals surface area contributed by atoms with E-state index in [4.69, 9.17) is 18.9 Å². The summed E-state index contributed by atoms with van der Waals surface area (Å²) in [5.41, 5.74) is 0. The SMILES string of the molecule is CCCCCCCCCCCCC/C=C/CCC(=O)O[C@H](COC(=O)CCCCCCCCCCCCCCCCCCCCCC)CO[C@H]1O[C@H](CS(=O)(=O)O)[C@@H](O)C(O)C1O. The van der Waals surface area contributed by atoms with Gasteiger partial charge in [-0.25, -0.2) is 0 Å². The number of rotatable bonds is 44. The van der Waals surface area contributed by atoms with Crippen LogP contribution in [0.25, 0.3) is 0 Å². The summed E-state index contributed by atoms with van der Waals surface area (Å²) in [7, 11) is -4.60. The van der Waals surface area contributed by atoms with Gasteiger partial charge in [0, 0.05) is 12.8 Å². The van der Waals surface area contributed by atoms with E-state index in [1.807, 2.05) is 6.08 Å². The maximum absolute atomic E-state index is 12.8. The first-order valence-electron chi connectivity index (χ1n) is 25.7. The molecule has 4 N–H and O–H groups in total. The van der Waals surface area contributed by atoms with Crippen LogP contribution in [0.4, 0.5) is 0 Å². The Kier molecular flexibility index (Phi) is 38.3. The molecule has 1 aliphatic rings. The van der Waals surface area contributed by atoms with E-state index in [9.17, 15) is 37.9 Å². The molecule has 0 aromatic heterocycles. The van der Waals surface area contributed by atoms with Gasteiger partial charge in [-0.3, -0.25) is 14.1 Å². The van der Waals surface area contributed by atoms with Crippen LogP contribution in [0.1, 0.15) is 239 Å². The normalized spacial score (nSPS) is 19.7. The molecule has 0 saturated carbocycles. The average Bonchev–Trinajstić information content (AvgIpc) is 3.25. The highest BCUT2D eigenvalue weighted by molar-refractivity contribution is 7.85. The Morgan fingerprint density at radius 2 is 0.937 bits per heavy atom. The molecule has 0 spiro atoms. The van der Waals surface area contributed by atoms with Crippen LogP contribution in [0.2, 0.25) is 0 Å². The Morgan fingerprint density at radius 3 is 1.38 bits per heavy atom. The molecule has 1 rings (SSSR count). The smallest absolute Gasteiger partial charge is 0.306 e. The van der Waals surface area contributed by atoms with Crippen molar-refractivity contribution in [2.24, 2.45) is 0 Å². The van der Waals surface area contributed by atoms with Crippen molar-refractivity contribution in [3.05, 3.63) is 12.2 Å². The molecule has 0 radical (unpaired) electrons. The van der Waals surface area contributed by atoms with Crippen LogP contribution in [0.5, 0.6) is 0 Å². The van der Waals surface area contributed by atoms with Gasteiger partial charge in [-0.05, 0) is 25.7 Å². The number of hydrogen-bond donors (Lipinski definition) is 4. The van der Waals surface area contributed by atoms with E-state index in [1.165, 1.54) is 167 Å². The van der Waals surface area contributed by atoms with Gasteiger partial charge in [-0.15, -0.1) is 0 Å². The molecular formula is C50H94O12S. The zero-order chi connectivity index (χ0) is 46.2. The number of allylic oxidation sites excluding steroid dienone is 2. The lowest BCUT2D eigenvalue weighted by Crippen LogP contribution is -2.60. The van der Waals surface area contributed by atoms with Gasteiger partial charge in [0.2, 0.25) is 0 Å². The molecule has 1 fully saturated rings. The molecule has 13 heteroatoms. The number of esters is 2. The molecule has 0 aromatic carbocycles. The second-order valence-electron chi connectivity index (χ2n) is 18.2. The maximum atomic E-state index is 12.8. The maximum Gasteiger partial charge on any atom is 0.306 e. The fraction of sp³-hybridized carbons (Fsp3) is 0.920. The van der Waals surface area contributed by atoms with E-state index in [0.717, 1.165) is 32.1 Å². The van der Waals surface area contributed by atoms with Gasteiger partial charge in [0.25, 0.3) is 10.1 Å². The van der Waals surface area contributed by atoms with E-state index >= 15 is 0 Å². The van der Waals surface area contributed by atoms with Crippen LogP contribution in [-0.2, 0) is 38.7 Å². The van der Waals surface area contributed by atoms with Gasteiger partial charge in [-0.1, -0.05) is 212 Å². The van der Waals surface area contributed by atoms with Crippen LogP contribution in [0.15, 0.2) is 12.2 Å². The lowest BCUT2D eigenvalue weighted by atomic mass is 10.00. The molecular weight excluding hydrogens is 825 g/mol. The van der Waals surface area contributed by atoms with Crippen molar-refractivity contribution in [3.8, 4) is 0 Å². The third-order valence-corrected chi connectivity index (χ3v) is 12.9. The molecule has 1 aliphatic heterocycles. The molecule has 0 aliphatic carbocycles. The van der Waals surface area contributed by atoms with Crippen LogP contribution < -0.4 is 0 Å². The van der Waals surface area contributed by atoms with Gasteiger partial charge in [0.1, 0.15) is 36.8 Å². The van der Waals surface area contributed by atoms with Crippen molar-refractivity contribution in [1.82, 2.24) is 0 Å². The van der Waals surface area contributed by atoms with Crippen molar-refractivity contribution in [2.75, 3.05) is 19.0 Å². The van der Waals surface area contributed by atoms with Crippen LogP contribution in [0, 0.1) is 0 Å². The summed E-state index contributed by atoms with van der Waals surface area (Å²) in [4.78, 5) is 25.5. The summed E-state index contributed by atoms with van der Waals surface area (Å²) in [6.45, 7) is 3.77. The molecule has 0 amide bonds. The Morgan fingerprint density at radius 1 is 0.524 bits per heavy atom. The Bertz CT molecular complexity index is 1210. The van der Waals surface area contributed by atoms with Gasteiger partial charge in [0.05, 0.1) is 6.61 Å². The molecule has 0 bridgehead atoms. The molecule has 1 saturated heterocycles. The van der Waals surface area contributed by atoms with E-state index in [-0.39, 0.29) is 19.4 Å². The average molecular weight is 919 g/mol.